The molecule has 0 saturated heterocycles. The van der Waals surface area contributed by atoms with Gasteiger partial charge in [-0.25, -0.2) is 9.97 Å². The van der Waals surface area contributed by atoms with Gasteiger partial charge in [-0.3, -0.25) is 4.79 Å². The van der Waals surface area contributed by atoms with Crippen molar-refractivity contribution in [1.82, 2.24) is 14.9 Å². The summed E-state index contributed by atoms with van der Waals surface area (Å²) in [5.41, 5.74) is 0.316. The molecule has 19 heavy (non-hydrogen) atoms. The van der Waals surface area contributed by atoms with E-state index in [2.05, 4.69) is 34.0 Å². The van der Waals surface area contributed by atoms with Gasteiger partial charge in [0, 0.05) is 12.6 Å². The van der Waals surface area contributed by atoms with Crippen LogP contribution in [0.5, 0.6) is 0 Å². The van der Waals surface area contributed by atoms with Crippen LogP contribution in [0, 0.1) is 12.8 Å². The summed E-state index contributed by atoms with van der Waals surface area (Å²) in [4.78, 5) is 21.5. The molecule has 1 heterocycles. The van der Waals surface area contributed by atoms with Gasteiger partial charge in [-0.15, -0.1) is 0 Å². The maximum atomic E-state index is 11.1. The normalized spacial score (nSPS) is 12.8. The van der Waals surface area contributed by atoms with E-state index in [1.165, 1.54) is 0 Å². The quantitative estimate of drug-likeness (QED) is 0.641. The lowest BCUT2D eigenvalue weighted by atomic mass is 10.0. The van der Waals surface area contributed by atoms with E-state index in [1.807, 2.05) is 14.1 Å². The Labute approximate surface area is 119 Å². The summed E-state index contributed by atoms with van der Waals surface area (Å²) < 4.78 is 0. The number of nitrogens with zero attached hydrogens (tertiary/aromatic N) is 3. The number of aryl methyl sites for hydroxylation is 1. The molecule has 0 aliphatic rings. The Bertz CT molecular complexity index is 449. The van der Waals surface area contributed by atoms with Crippen LogP contribution in [0.15, 0.2) is 0 Å². The minimum atomic E-state index is 0.180. The van der Waals surface area contributed by atoms with E-state index in [1.54, 1.807) is 6.92 Å². The van der Waals surface area contributed by atoms with Crippen molar-refractivity contribution >= 4 is 23.7 Å². The van der Waals surface area contributed by atoms with E-state index >= 15 is 0 Å². The molecule has 0 aromatic carbocycles. The standard InChI is InChI=1S/C13H21ClN4O/c1-8(2)11(6-18(4)5)17-13-10(7-19)12(14)15-9(3)16-13/h7-8,11H,6H2,1-5H3,(H,15,16,17). The Balaban J connectivity index is 3.04. The van der Waals surface area contributed by atoms with Crippen LogP contribution in [-0.2, 0) is 0 Å². The SMILES string of the molecule is Cc1nc(Cl)c(C=O)c(NC(CN(C)C)C(C)C)n1. The first-order chi connectivity index (χ1) is 8.85. The Morgan fingerprint density at radius 1 is 1.37 bits per heavy atom. The predicted molar refractivity (Wildman–Crippen MR) is 78.0 cm³/mol. The molecule has 0 saturated carbocycles. The van der Waals surface area contributed by atoms with E-state index in [0.717, 1.165) is 6.54 Å². The zero-order chi connectivity index (χ0) is 14.6. The molecule has 1 aromatic heterocycles. The second kappa shape index (κ2) is 6.82. The van der Waals surface area contributed by atoms with Crippen molar-refractivity contribution in [1.29, 1.82) is 0 Å². The summed E-state index contributed by atoms with van der Waals surface area (Å²) in [6.07, 6.45) is 0.692. The summed E-state index contributed by atoms with van der Waals surface area (Å²) in [7, 11) is 4.02. The number of nitrogens with one attached hydrogen (secondary N) is 1. The lowest BCUT2D eigenvalue weighted by molar-refractivity contribution is 0.112. The van der Waals surface area contributed by atoms with E-state index in [-0.39, 0.29) is 11.2 Å². The van der Waals surface area contributed by atoms with Crippen LogP contribution in [0.1, 0.15) is 30.0 Å². The van der Waals surface area contributed by atoms with Gasteiger partial charge < -0.3 is 10.2 Å². The van der Waals surface area contributed by atoms with Crippen LogP contribution in [-0.4, -0.2) is 47.8 Å². The van der Waals surface area contributed by atoms with E-state index in [0.29, 0.717) is 29.4 Å². The molecule has 1 unspecified atom stereocenters. The largest absolute Gasteiger partial charge is 0.365 e. The summed E-state index contributed by atoms with van der Waals surface area (Å²) in [6.45, 7) is 6.84. The Morgan fingerprint density at radius 2 is 2.00 bits per heavy atom. The molecule has 0 aliphatic heterocycles. The van der Waals surface area contributed by atoms with Crippen molar-refractivity contribution in [2.24, 2.45) is 5.92 Å². The third-order valence-electron chi connectivity index (χ3n) is 2.82. The summed E-state index contributed by atoms with van der Waals surface area (Å²) in [5.74, 6) is 1.45. The third-order valence-corrected chi connectivity index (χ3v) is 3.11. The van der Waals surface area contributed by atoms with Crippen LogP contribution in [0.2, 0.25) is 5.15 Å². The number of halogens is 1. The lowest BCUT2D eigenvalue weighted by Crippen LogP contribution is -2.37. The monoisotopic (exact) mass is 284 g/mol. The Hall–Kier alpha value is -1.20. The molecule has 0 radical (unpaired) electrons. The van der Waals surface area contributed by atoms with Crippen molar-refractivity contribution in [3.63, 3.8) is 0 Å². The number of hydrogen-bond acceptors (Lipinski definition) is 5. The number of likely N-dealkylation sites (N-methyl/N-ethyl adjacent to an activating group) is 1. The molecule has 1 rings (SSSR count). The van der Waals surface area contributed by atoms with Gasteiger partial charge in [-0.2, -0.15) is 0 Å². The smallest absolute Gasteiger partial charge is 0.156 e. The third kappa shape index (κ3) is 4.44. The van der Waals surface area contributed by atoms with Crippen molar-refractivity contribution < 1.29 is 4.79 Å². The van der Waals surface area contributed by atoms with E-state index in [4.69, 9.17) is 11.6 Å². The van der Waals surface area contributed by atoms with Gasteiger partial charge in [0.2, 0.25) is 0 Å². The van der Waals surface area contributed by atoms with Crippen molar-refractivity contribution in [2.45, 2.75) is 26.8 Å². The minimum absolute atomic E-state index is 0.180. The van der Waals surface area contributed by atoms with Gasteiger partial charge in [0.25, 0.3) is 0 Å². The second-order valence-corrected chi connectivity index (χ2v) is 5.56. The van der Waals surface area contributed by atoms with Gasteiger partial charge in [0.15, 0.2) is 6.29 Å². The number of aromatic nitrogens is 2. The highest BCUT2D eigenvalue weighted by atomic mass is 35.5. The van der Waals surface area contributed by atoms with Crippen LogP contribution < -0.4 is 5.32 Å². The fourth-order valence-corrected chi connectivity index (χ4v) is 2.01. The number of carbonyl (C=O) groups excluding carboxylic acids is 1. The van der Waals surface area contributed by atoms with Gasteiger partial charge in [-0.1, -0.05) is 25.4 Å². The van der Waals surface area contributed by atoms with Crippen LogP contribution in [0.3, 0.4) is 0 Å². The van der Waals surface area contributed by atoms with Gasteiger partial charge in [0.1, 0.15) is 16.8 Å². The fraction of sp³-hybridized carbons (Fsp3) is 0.615. The zero-order valence-corrected chi connectivity index (χ0v) is 12.8. The molecule has 106 valence electrons. The average Bonchev–Trinajstić information content (AvgIpc) is 2.26. The number of aldehydes is 1. The molecule has 6 heteroatoms. The summed E-state index contributed by atoms with van der Waals surface area (Å²) in [6, 6.07) is 0.180. The van der Waals surface area contributed by atoms with Gasteiger partial charge in [-0.05, 0) is 26.9 Å². The van der Waals surface area contributed by atoms with E-state index in [9.17, 15) is 4.79 Å². The molecule has 1 N–H and O–H groups in total. The second-order valence-electron chi connectivity index (χ2n) is 5.20. The molecule has 0 bridgehead atoms. The number of hydrogen-bond donors (Lipinski definition) is 1. The molecule has 1 atom stereocenters. The fourth-order valence-electron chi connectivity index (χ4n) is 1.75. The van der Waals surface area contributed by atoms with Crippen molar-refractivity contribution in [3.8, 4) is 0 Å². The maximum absolute atomic E-state index is 11.1. The molecule has 0 amide bonds. The number of carbonyl (C=O) groups is 1. The van der Waals surface area contributed by atoms with Crippen LogP contribution >= 0.6 is 11.6 Å². The van der Waals surface area contributed by atoms with Crippen LogP contribution in [0.4, 0.5) is 5.82 Å². The average molecular weight is 285 g/mol. The Morgan fingerprint density at radius 3 is 2.47 bits per heavy atom. The molecular weight excluding hydrogens is 264 g/mol. The first-order valence-corrected chi connectivity index (χ1v) is 6.63. The predicted octanol–water partition coefficient (Wildman–Crippen LogP) is 2.25. The maximum Gasteiger partial charge on any atom is 0.156 e. The lowest BCUT2D eigenvalue weighted by Gasteiger charge is -2.26. The molecule has 0 fully saturated rings. The highest BCUT2D eigenvalue weighted by molar-refractivity contribution is 6.32. The first-order valence-electron chi connectivity index (χ1n) is 6.25. The van der Waals surface area contributed by atoms with Gasteiger partial charge >= 0.3 is 0 Å². The summed E-state index contributed by atoms with van der Waals surface area (Å²) in [5, 5.41) is 3.49. The number of rotatable bonds is 6. The molecule has 5 nitrogen and oxygen atoms in total. The van der Waals surface area contributed by atoms with Crippen molar-refractivity contribution in [2.75, 3.05) is 26.0 Å². The molecule has 1 aromatic rings. The molecular formula is C13H21ClN4O. The van der Waals surface area contributed by atoms with Crippen LogP contribution in [0.25, 0.3) is 0 Å². The highest BCUT2D eigenvalue weighted by Crippen LogP contribution is 2.21. The number of anilines is 1. The Kier molecular flexibility index (Phi) is 5.69. The van der Waals surface area contributed by atoms with Crippen molar-refractivity contribution in [3.05, 3.63) is 16.5 Å². The zero-order valence-electron chi connectivity index (χ0n) is 12.1. The molecule has 0 aliphatic carbocycles. The highest BCUT2D eigenvalue weighted by Gasteiger charge is 2.18. The minimum Gasteiger partial charge on any atom is -0.365 e. The van der Waals surface area contributed by atoms with E-state index < -0.39 is 0 Å². The first kappa shape index (κ1) is 15.9. The topological polar surface area (TPSA) is 58.1 Å². The summed E-state index contributed by atoms with van der Waals surface area (Å²) >= 11 is 5.97. The molecule has 0 spiro atoms. The van der Waals surface area contributed by atoms with Gasteiger partial charge in [0.05, 0.1) is 5.56 Å².